The maximum atomic E-state index is 12.0. The van der Waals surface area contributed by atoms with Crippen molar-refractivity contribution in [1.29, 1.82) is 0 Å². The van der Waals surface area contributed by atoms with Gasteiger partial charge in [0, 0.05) is 19.1 Å². The first-order valence-corrected chi connectivity index (χ1v) is 5.08. The lowest BCUT2D eigenvalue weighted by Gasteiger charge is -2.23. The van der Waals surface area contributed by atoms with Crippen LogP contribution in [0.1, 0.15) is 12.8 Å². The van der Waals surface area contributed by atoms with Crippen LogP contribution in [0.15, 0.2) is 0 Å². The van der Waals surface area contributed by atoms with Crippen molar-refractivity contribution >= 4 is 0 Å². The molecule has 0 spiro atoms. The number of nitrogens with one attached hydrogen (secondary N) is 1. The number of fused-ring (bicyclic) bond motifs is 1. The van der Waals surface area contributed by atoms with E-state index in [1.807, 2.05) is 4.90 Å². The summed E-state index contributed by atoms with van der Waals surface area (Å²) in [5.41, 5.74) is 0. The summed E-state index contributed by atoms with van der Waals surface area (Å²) in [5, 5.41) is 3.23. The van der Waals surface area contributed by atoms with Gasteiger partial charge >= 0.3 is 6.18 Å². The average molecular weight is 208 g/mol. The van der Waals surface area contributed by atoms with E-state index >= 15 is 0 Å². The van der Waals surface area contributed by atoms with E-state index in [0.717, 1.165) is 26.1 Å². The van der Waals surface area contributed by atoms with Crippen LogP contribution in [-0.4, -0.2) is 43.3 Å². The molecule has 2 aliphatic rings. The number of alkyl halides is 3. The van der Waals surface area contributed by atoms with E-state index in [1.54, 1.807) is 0 Å². The van der Waals surface area contributed by atoms with Gasteiger partial charge in [-0.1, -0.05) is 0 Å². The fourth-order valence-electron chi connectivity index (χ4n) is 2.49. The van der Waals surface area contributed by atoms with Gasteiger partial charge < -0.3 is 5.32 Å². The first-order valence-electron chi connectivity index (χ1n) is 5.08. The predicted octanol–water partition coefficient (Wildman–Crippen LogP) is 1.23. The lowest BCUT2D eigenvalue weighted by molar-refractivity contribution is -0.138. The molecule has 0 aromatic carbocycles. The molecule has 0 bridgehead atoms. The predicted molar refractivity (Wildman–Crippen MR) is 47.0 cm³/mol. The van der Waals surface area contributed by atoms with Crippen molar-refractivity contribution in [2.24, 2.45) is 5.92 Å². The standard InChI is InChI=1S/C9H15F3N2/c10-9(11,12)2-4-14-3-1-7-5-13-6-8(7)14/h7-8,13H,1-6H2/t7-,8+/m1/s1. The second kappa shape index (κ2) is 3.70. The van der Waals surface area contributed by atoms with Gasteiger partial charge in [-0.15, -0.1) is 0 Å². The summed E-state index contributed by atoms with van der Waals surface area (Å²) in [7, 11) is 0. The first kappa shape index (κ1) is 10.2. The Kier molecular flexibility index (Phi) is 2.70. The molecule has 0 aromatic heterocycles. The summed E-state index contributed by atoms with van der Waals surface area (Å²) < 4.78 is 36.0. The van der Waals surface area contributed by atoms with Crippen molar-refractivity contribution < 1.29 is 13.2 Å². The average Bonchev–Trinajstić information content (AvgIpc) is 2.59. The molecule has 2 nitrogen and oxygen atoms in total. The van der Waals surface area contributed by atoms with Crippen LogP contribution in [0, 0.1) is 5.92 Å². The lowest BCUT2D eigenvalue weighted by atomic mass is 10.1. The molecule has 2 fully saturated rings. The monoisotopic (exact) mass is 208 g/mol. The molecule has 2 rings (SSSR count). The number of halogens is 3. The highest BCUT2D eigenvalue weighted by Gasteiger charge is 2.38. The normalized spacial score (nSPS) is 33.6. The van der Waals surface area contributed by atoms with Gasteiger partial charge in [-0.25, -0.2) is 0 Å². The van der Waals surface area contributed by atoms with Gasteiger partial charge in [0.1, 0.15) is 0 Å². The van der Waals surface area contributed by atoms with Crippen LogP contribution < -0.4 is 5.32 Å². The van der Waals surface area contributed by atoms with E-state index in [1.165, 1.54) is 0 Å². The molecular formula is C9H15F3N2. The van der Waals surface area contributed by atoms with Crippen molar-refractivity contribution in [1.82, 2.24) is 10.2 Å². The zero-order chi connectivity index (χ0) is 10.2. The van der Waals surface area contributed by atoms with Gasteiger partial charge in [0.2, 0.25) is 0 Å². The quantitative estimate of drug-likeness (QED) is 0.734. The van der Waals surface area contributed by atoms with Crippen molar-refractivity contribution in [3.63, 3.8) is 0 Å². The fourth-order valence-corrected chi connectivity index (χ4v) is 2.49. The summed E-state index contributed by atoms with van der Waals surface area (Å²) in [6, 6.07) is 0.359. The Bertz CT molecular complexity index is 205. The second-order valence-corrected chi connectivity index (χ2v) is 4.18. The summed E-state index contributed by atoms with van der Waals surface area (Å²) in [6.07, 6.45) is -3.63. The number of rotatable bonds is 2. The highest BCUT2D eigenvalue weighted by molar-refractivity contribution is 4.94. The molecule has 2 saturated heterocycles. The van der Waals surface area contributed by atoms with Crippen LogP contribution in [-0.2, 0) is 0 Å². The Morgan fingerprint density at radius 3 is 2.79 bits per heavy atom. The van der Waals surface area contributed by atoms with Crippen LogP contribution in [0.25, 0.3) is 0 Å². The van der Waals surface area contributed by atoms with E-state index in [0.29, 0.717) is 12.0 Å². The Morgan fingerprint density at radius 2 is 2.07 bits per heavy atom. The van der Waals surface area contributed by atoms with Crippen LogP contribution in [0.3, 0.4) is 0 Å². The van der Waals surface area contributed by atoms with Gasteiger partial charge in [0.25, 0.3) is 0 Å². The third kappa shape index (κ3) is 2.20. The summed E-state index contributed by atoms with van der Waals surface area (Å²) >= 11 is 0. The molecule has 0 unspecified atom stereocenters. The maximum absolute atomic E-state index is 12.0. The van der Waals surface area contributed by atoms with Gasteiger partial charge in [0.15, 0.2) is 0 Å². The van der Waals surface area contributed by atoms with Crippen LogP contribution in [0.4, 0.5) is 13.2 Å². The third-order valence-corrected chi connectivity index (χ3v) is 3.24. The molecule has 2 aliphatic heterocycles. The molecule has 0 saturated carbocycles. The molecule has 0 aromatic rings. The Balaban J connectivity index is 1.81. The van der Waals surface area contributed by atoms with Crippen LogP contribution in [0.5, 0.6) is 0 Å². The molecule has 14 heavy (non-hydrogen) atoms. The minimum absolute atomic E-state index is 0.173. The number of hydrogen-bond acceptors (Lipinski definition) is 2. The number of nitrogens with zero attached hydrogens (tertiary/aromatic N) is 1. The van der Waals surface area contributed by atoms with E-state index < -0.39 is 12.6 Å². The summed E-state index contributed by atoms with van der Waals surface area (Å²) in [5.74, 6) is 0.586. The van der Waals surface area contributed by atoms with Crippen LogP contribution in [0.2, 0.25) is 0 Å². The zero-order valence-corrected chi connectivity index (χ0v) is 7.98. The van der Waals surface area contributed by atoms with Crippen molar-refractivity contribution in [3.05, 3.63) is 0 Å². The summed E-state index contributed by atoms with van der Waals surface area (Å²) in [4.78, 5) is 1.98. The van der Waals surface area contributed by atoms with Crippen molar-refractivity contribution in [2.45, 2.75) is 25.1 Å². The highest BCUT2D eigenvalue weighted by Crippen LogP contribution is 2.29. The van der Waals surface area contributed by atoms with Crippen LogP contribution >= 0.6 is 0 Å². The topological polar surface area (TPSA) is 15.3 Å². The smallest absolute Gasteiger partial charge is 0.315 e. The van der Waals surface area contributed by atoms with Crippen molar-refractivity contribution in [2.75, 3.05) is 26.2 Å². The molecule has 1 N–H and O–H groups in total. The van der Waals surface area contributed by atoms with E-state index in [4.69, 9.17) is 0 Å². The Hall–Kier alpha value is -0.290. The van der Waals surface area contributed by atoms with E-state index in [9.17, 15) is 13.2 Å². The molecule has 0 amide bonds. The molecule has 82 valence electrons. The lowest BCUT2D eigenvalue weighted by Crippen LogP contribution is -2.36. The third-order valence-electron chi connectivity index (χ3n) is 3.24. The van der Waals surface area contributed by atoms with Crippen molar-refractivity contribution in [3.8, 4) is 0 Å². The zero-order valence-electron chi connectivity index (χ0n) is 7.98. The molecule has 2 atom stereocenters. The SMILES string of the molecule is FC(F)(F)CCN1CC[C@@H]2CNC[C@@H]21. The van der Waals surface area contributed by atoms with Gasteiger partial charge in [-0.05, 0) is 25.4 Å². The van der Waals surface area contributed by atoms with E-state index in [2.05, 4.69) is 5.32 Å². The summed E-state index contributed by atoms with van der Waals surface area (Å²) in [6.45, 7) is 2.86. The highest BCUT2D eigenvalue weighted by atomic mass is 19.4. The maximum Gasteiger partial charge on any atom is 0.390 e. The Morgan fingerprint density at radius 1 is 1.29 bits per heavy atom. The minimum atomic E-state index is -4.01. The fraction of sp³-hybridized carbons (Fsp3) is 1.00. The minimum Gasteiger partial charge on any atom is -0.315 e. The molecule has 0 radical (unpaired) electrons. The largest absolute Gasteiger partial charge is 0.390 e. The number of hydrogen-bond donors (Lipinski definition) is 1. The molecular weight excluding hydrogens is 193 g/mol. The molecule has 5 heteroatoms. The van der Waals surface area contributed by atoms with Gasteiger partial charge in [-0.2, -0.15) is 13.2 Å². The van der Waals surface area contributed by atoms with Gasteiger partial charge in [-0.3, -0.25) is 4.90 Å². The van der Waals surface area contributed by atoms with E-state index in [-0.39, 0.29) is 6.54 Å². The van der Waals surface area contributed by atoms with Gasteiger partial charge in [0.05, 0.1) is 6.42 Å². The number of likely N-dealkylation sites (tertiary alicyclic amines) is 1. The first-order chi connectivity index (χ1) is 6.56. The Labute approximate surface area is 81.5 Å². The second-order valence-electron chi connectivity index (χ2n) is 4.18. The molecule has 0 aliphatic carbocycles. The molecule has 2 heterocycles.